The normalized spacial score (nSPS) is 17.5. The Labute approximate surface area is 215 Å². The molecule has 36 heavy (non-hydrogen) atoms. The molecule has 1 aliphatic heterocycles. The molecule has 4 nitrogen and oxygen atoms in total. The maximum absolute atomic E-state index is 14.3. The van der Waals surface area contributed by atoms with Gasteiger partial charge in [0.2, 0.25) is 0 Å². The van der Waals surface area contributed by atoms with Gasteiger partial charge in [0.15, 0.2) is 0 Å². The van der Waals surface area contributed by atoms with Gasteiger partial charge in [0.1, 0.15) is 5.82 Å². The summed E-state index contributed by atoms with van der Waals surface area (Å²) in [6, 6.07) is 13.9. The van der Waals surface area contributed by atoms with Gasteiger partial charge in [-0.3, -0.25) is 4.79 Å². The topological polar surface area (TPSA) is 41.9 Å². The summed E-state index contributed by atoms with van der Waals surface area (Å²) in [6.45, 7) is 3.72. The zero-order chi connectivity index (χ0) is 26.3. The molecule has 0 fully saturated rings. The third-order valence-electron chi connectivity index (χ3n) is 5.99. The van der Waals surface area contributed by atoms with Gasteiger partial charge in [0.25, 0.3) is 11.5 Å². The van der Waals surface area contributed by atoms with Crippen molar-refractivity contribution in [3.63, 3.8) is 0 Å². The number of alkyl halides is 3. The van der Waals surface area contributed by atoms with Crippen LogP contribution in [0.15, 0.2) is 65.8 Å². The molecule has 188 valence electrons. The summed E-state index contributed by atoms with van der Waals surface area (Å²) in [6.07, 6.45) is -5.42. The first-order chi connectivity index (χ1) is 16.9. The molecule has 0 aromatic heterocycles. The fraction of sp³-hybridized carbons (Fsp3) is 0.231. The Morgan fingerprint density at radius 3 is 2.36 bits per heavy atom. The van der Waals surface area contributed by atoms with E-state index in [9.17, 15) is 22.4 Å². The quantitative estimate of drug-likeness (QED) is 0.312. The van der Waals surface area contributed by atoms with Gasteiger partial charge in [-0.2, -0.15) is 13.2 Å². The molecular formula is C26H20Cl2F4N2O2. The number of hydrogen-bond donors (Lipinski definition) is 0. The molecule has 10 heteroatoms. The van der Waals surface area contributed by atoms with E-state index in [2.05, 4.69) is 5.16 Å². The lowest BCUT2D eigenvalue weighted by molar-refractivity contribution is -0.275. The van der Waals surface area contributed by atoms with Gasteiger partial charge < -0.3 is 9.74 Å². The predicted molar refractivity (Wildman–Crippen MR) is 131 cm³/mol. The summed E-state index contributed by atoms with van der Waals surface area (Å²) in [4.78, 5) is 19.7. The highest BCUT2D eigenvalue weighted by Gasteiger charge is 2.62. The molecule has 0 radical (unpaired) electrons. The average Bonchev–Trinajstić information content (AvgIpc) is 3.26. The number of amides is 1. The molecule has 4 rings (SSSR count). The zero-order valence-electron chi connectivity index (χ0n) is 19.2. The van der Waals surface area contributed by atoms with Crippen LogP contribution in [0.3, 0.4) is 0 Å². The van der Waals surface area contributed by atoms with Crippen LogP contribution >= 0.6 is 23.2 Å². The molecule has 0 spiro atoms. The van der Waals surface area contributed by atoms with E-state index in [4.69, 9.17) is 28.0 Å². The molecule has 0 aliphatic carbocycles. The standard InChI is InChI=1S/C26H20Cl2F4N2O2/c1-3-34(21-6-4-5-20(29)13-21)24(35)22-8-7-16(9-15(22)2)23-14-25(36-33-23,26(30,31)32)17-10-18(27)12-19(28)11-17/h4-13H,3,14H2,1-2H3. The minimum Gasteiger partial charge on any atom is -0.374 e. The van der Waals surface area contributed by atoms with Crippen LogP contribution in [0.25, 0.3) is 0 Å². The number of rotatable bonds is 5. The zero-order valence-corrected chi connectivity index (χ0v) is 20.7. The summed E-state index contributed by atoms with van der Waals surface area (Å²) in [5.74, 6) is -0.839. The van der Waals surface area contributed by atoms with Crippen LogP contribution in [0.4, 0.5) is 23.2 Å². The molecule has 3 aromatic carbocycles. The van der Waals surface area contributed by atoms with Crippen molar-refractivity contribution >= 4 is 40.5 Å². The van der Waals surface area contributed by atoms with E-state index >= 15 is 0 Å². The second-order valence-corrected chi connectivity index (χ2v) is 9.22. The summed E-state index contributed by atoms with van der Waals surface area (Å²) in [5.41, 5.74) is -1.34. The van der Waals surface area contributed by atoms with Gasteiger partial charge in [0.05, 0.1) is 5.71 Å². The van der Waals surface area contributed by atoms with Crippen molar-refractivity contribution in [3.05, 3.63) is 98.8 Å². The Morgan fingerprint density at radius 1 is 1.08 bits per heavy atom. The van der Waals surface area contributed by atoms with Crippen molar-refractivity contribution < 1.29 is 27.2 Å². The minimum absolute atomic E-state index is 0.0376. The van der Waals surface area contributed by atoms with Crippen LogP contribution in [0.1, 0.15) is 40.4 Å². The van der Waals surface area contributed by atoms with E-state index < -0.39 is 24.0 Å². The van der Waals surface area contributed by atoms with Gasteiger partial charge >= 0.3 is 6.18 Å². The Hall–Kier alpha value is -3.10. The van der Waals surface area contributed by atoms with E-state index in [-0.39, 0.29) is 27.2 Å². The number of halogens is 6. The number of carbonyl (C=O) groups excluding carboxylic acids is 1. The summed E-state index contributed by atoms with van der Waals surface area (Å²) in [7, 11) is 0. The average molecular weight is 539 g/mol. The van der Waals surface area contributed by atoms with Crippen molar-refractivity contribution in [1.29, 1.82) is 0 Å². The maximum atomic E-state index is 14.3. The van der Waals surface area contributed by atoms with Gasteiger partial charge in [0, 0.05) is 39.8 Å². The third kappa shape index (κ3) is 4.80. The molecule has 1 unspecified atom stereocenters. The number of nitrogens with zero attached hydrogens (tertiary/aromatic N) is 2. The fourth-order valence-electron chi connectivity index (χ4n) is 4.16. The lowest BCUT2D eigenvalue weighted by Gasteiger charge is -2.29. The molecule has 0 saturated heterocycles. The monoisotopic (exact) mass is 538 g/mol. The number of aryl methyl sites for hydroxylation is 1. The molecular weight excluding hydrogens is 519 g/mol. The predicted octanol–water partition coefficient (Wildman–Crippen LogP) is 7.69. The molecule has 1 heterocycles. The third-order valence-corrected chi connectivity index (χ3v) is 6.42. The Kier molecular flexibility index (Phi) is 7.03. The van der Waals surface area contributed by atoms with Crippen LogP contribution < -0.4 is 4.90 Å². The molecule has 3 aromatic rings. The number of carbonyl (C=O) groups is 1. The van der Waals surface area contributed by atoms with Gasteiger partial charge in [-0.25, -0.2) is 4.39 Å². The van der Waals surface area contributed by atoms with E-state index in [0.717, 1.165) is 12.1 Å². The molecule has 0 saturated carbocycles. The molecule has 0 bridgehead atoms. The Bertz CT molecular complexity index is 1340. The van der Waals surface area contributed by atoms with Gasteiger partial charge in [-0.05, 0) is 73.5 Å². The summed E-state index contributed by atoms with van der Waals surface area (Å²) >= 11 is 11.9. The van der Waals surface area contributed by atoms with Crippen molar-refractivity contribution in [2.45, 2.75) is 32.0 Å². The Morgan fingerprint density at radius 2 is 1.78 bits per heavy atom. The summed E-state index contributed by atoms with van der Waals surface area (Å²) < 4.78 is 56.5. The van der Waals surface area contributed by atoms with Crippen molar-refractivity contribution in [2.75, 3.05) is 11.4 Å². The largest absolute Gasteiger partial charge is 0.435 e. The number of oxime groups is 1. The van der Waals surface area contributed by atoms with Gasteiger partial charge in [-0.1, -0.05) is 40.5 Å². The van der Waals surface area contributed by atoms with Crippen molar-refractivity contribution in [2.24, 2.45) is 5.16 Å². The minimum atomic E-state index is -4.82. The molecule has 1 atom stereocenters. The first-order valence-corrected chi connectivity index (χ1v) is 11.7. The van der Waals surface area contributed by atoms with Crippen LogP contribution in [-0.4, -0.2) is 24.3 Å². The van der Waals surface area contributed by atoms with Crippen LogP contribution in [0.5, 0.6) is 0 Å². The van der Waals surface area contributed by atoms with Gasteiger partial charge in [-0.15, -0.1) is 0 Å². The Balaban J connectivity index is 1.64. The lowest BCUT2D eigenvalue weighted by Crippen LogP contribution is -2.42. The van der Waals surface area contributed by atoms with Crippen molar-refractivity contribution in [3.8, 4) is 0 Å². The fourth-order valence-corrected chi connectivity index (χ4v) is 4.69. The number of hydrogen-bond acceptors (Lipinski definition) is 3. The number of anilines is 1. The SMILES string of the molecule is CCN(C(=O)c1ccc(C2=NOC(c3cc(Cl)cc(Cl)c3)(C(F)(F)F)C2)cc1C)c1cccc(F)c1. The molecule has 1 amide bonds. The smallest absolute Gasteiger partial charge is 0.374 e. The lowest BCUT2D eigenvalue weighted by atomic mass is 9.86. The highest BCUT2D eigenvalue weighted by atomic mass is 35.5. The molecule has 1 aliphatic rings. The summed E-state index contributed by atoms with van der Waals surface area (Å²) in [5, 5.41) is 3.83. The highest BCUT2D eigenvalue weighted by molar-refractivity contribution is 6.34. The van der Waals surface area contributed by atoms with E-state index in [1.165, 1.54) is 41.3 Å². The van der Waals surface area contributed by atoms with E-state index in [1.54, 1.807) is 26.0 Å². The first kappa shape index (κ1) is 26.0. The first-order valence-electron chi connectivity index (χ1n) is 10.9. The van der Waals surface area contributed by atoms with E-state index in [1.807, 2.05) is 0 Å². The van der Waals surface area contributed by atoms with E-state index in [0.29, 0.717) is 28.9 Å². The molecule has 0 N–H and O–H groups in total. The highest BCUT2D eigenvalue weighted by Crippen LogP contribution is 2.49. The van der Waals surface area contributed by atoms with Crippen LogP contribution in [0, 0.1) is 12.7 Å². The number of benzene rings is 3. The van der Waals surface area contributed by atoms with Crippen molar-refractivity contribution in [1.82, 2.24) is 0 Å². The second-order valence-electron chi connectivity index (χ2n) is 8.35. The van der Waals surface area contributed by atoms with Crippen LogP contribution in [0.2, 0.25) is 10.0 Å². The maximum Gasteiger partial charge on any atom is 0.435 e. The van der Waals surface area contributed by atoms with Crippen LogP contribution in [-0.2, 0) is 10.4 Å². The second kappa shape index (κ2) is 9.75.